The summed E-state index contributed by atoms with van der Waals surface area (Å²) in [7, 11) is 0. The van der Waals surface area contributed by atoms with Crippen molar-refractivity contribution in [1.29, 1.82) is 0 Å². The molecule has 1 aromatic carbocycles. The predicted octanol–water partition coefficient (Wildman–Crippen LogP) is 3.68. The van der Waals surface area contributed by atoms with E-state index in [1.165, 1.54) is 55.7 Å². The van der Waals surface area contributed by atoms with Gasteiger partial charge in [-0.2, -0.15) is 0 Å². The van der Waals surface area contributed by atoms with Gasteiger partial charge >= 0.3 is 0 Å². The number of nitrogens with zero attached hydrogens (tertiary/aromatic N) is 2. The summed E-state index contributed by atoms with van der Waals surface area (Å²) in [5.41, 5.74) is 3.96. The first kappa shape index (κ1) is 13.6. The monoisotopic (exact) mass is 268 g/mol. The van der Waals surface area contributed by atoms with Crippen molar-refractivity contribution in [2.24, 2.45) is 4.99 Å². The van der Waals surface area contributed by atoms with Crippen LogP contribution in [0.5, 0.6) is 0 Å². The van der Waals surface area contributed by atoms with Gasteiger partial charge in [0.1, 0.15) is 0 Å². The SMILES string of the molecule is C1=C(CCN2CCCCC2)C(c2ccccc2)=NCC1. The fraction of sp³-hybridized carbons (Fsp3) is 0.500. The Morgan fingerprint density at radius 2 is 1.80 bits per heavy atom. The van der Waals surface area contributed by atoms with Gasteiger partial charge in [-0.05, 0) is 49.9 Å². The predicted molar refractivity (Wildman–Crippen MR) is 85.5 cm³/mol. The average Bonchev–Trinajstić information content (AvgIpc) is 2.55. The van der Waals surface area contributed by atoms with Gasteiger partial charge in [0, 0.05) is 13.1 Å². The molecule has 3 rings (SSSR count). The van der Waals surface area contributed by atoms with Gasteiger partial charge in [0.15, 0.2) is 0 Å². The van der Waals surface area contributed by atoms with Gasteiger partial charge in [-0.3, -0.25) is 4.99 Å². The van der Waals surface area contributed by atoms with Crippen molar-refractivity contribution in [3.63, 3.8) is 0 Å². The number of aliphatic imine (C=N–C) groups is 1. The molecule has 0 bridgehead atoms. The van der Waals surface area contributed by atoms with E-state index in [0.717, 1.165) is 19.4 Å². The molecule has 2 aliphatic rings. The molecule has 0 aromatic heterocycles. The van der Waals surface area contributed by atoms with E-state index in [1.807, 2.05) is 0 Å². The van der Waals surface area contributed by atoms with E-state index in [2.05, 4.69) is 41.3 Å². The fourth-order valence-electron chi connectivity index (χ4n) is 3.17. The van der Waals surface area contributed by atoms with Gasteiger partial charge in [-0.15, -0.1) is 0 Å². The average molecular weight is 268 g/mol. The van der Waals surface area contributed by atoms with Crippen LogP contribution in [-0.2, 0) is 0 Å². The minimum atomic E-state index is 0.942. The van der Waals surface area contributed by atoms with Gasteiger partial charge < -0.3 is 4.90 Å². The molecule has 0 spiro atoms. The molecule has 1 fully saturated rings. The van der Waals surface area contributed by atoms with Gasteiger partial charge in [0.05, 0.1) is 5.71 Å². The number of piperidine rings is 1. The van der Waals surface area contributed by atoms with Crippen LogP contribution in [0.1, 0.15) is 37.7 Å². The number of hydrogen-bond donors (Lipinski definition) is 0. The summed E-state index contributed by atoms with van der Waals surface area (Å²) in [6.07, 6.45) is 8.81. The molecule has 1 aromatic rings. The lowest BCUT2D eigenvalue weighted by Gasteiger charge is -2.27. The Morgan fingerprint density at radius 3 is 2.60 bits per heavy atom. The summed E-state index contributed by atoms with van der Waals surface area (Å²) < 4.78 is 0. The highest BCUT2D eigenvalue weighted by molar-refractivity contribution is 6.13. The Balaban J connectivity index is 1.65. The number of benzene rings is 1. The Morgan fingerprint density at radius 1 is 1.00 bits per heavy atom. The lowest BCUT2D eigenvalue weighted by molar-refractivity contribution is 0.232. The summed E-state index contributed by atoms with van der Waals surface area (Å²) >= 11 is 0. The zero-order valence-electron chi connectivity index (χ0n) is 12.2. The second-order valence-corrected chi connectivity index (χ2v) is 5.77. The van der Waals surface area contributed by atoms with E-state index in [1.54, 1.807) is 0 Å². The molecule has 0 atom stereocenters. The molecular weight excluding hydrogens is 244 g/mol. The third-order valence-corrected chi connectivity index (χ3v) is 4.29. The summed E-state index contributed by atoms with van der Waals surface area (Å²) in [5.74, 6) is 0. The summed E-state index contributed by atoms with van der Waals surface area (Å²) in [5, 5.41) is 0. The van der Waals surface area contributed by atoms with Crippen LogP contribution in [-0.4, -0.2) is 36.8 Å². The van der Waals surface area contributed by atoms with E-state index in [0.29, 0.717) is 0 Å². The van der Waals surface area contributed by atoms with Gasteiger partial charge in [0.25, 0.3) is 0 Å². The molecule has 20 heavy (non-hydrogen) atoms. The Kier molecular flexibility index (Phi) is 4.65. The van der Waals surface area contributed by atoms with Crippen LogP contribution in [0, 0.1) is 0 Å². The van der Waals surface area contributed by atoms with Crippen LogP contribution in [0.4, 0.5) is 0 Å². The first-order chi connectivity index (χ1) is 9.93. The Labute approximate surface area is 122 Å². The Bertz CT molecular complexity index is 481. The number of likely N-dealkylation sites (tertiary alicyclic amines) is 1. The highest BCUT2D eigenvalue weighted by Crippen LogP contribution is 2.19. The quantitative estimate of drug-likeness (QED) is 0.813. The third kappa shape index (κ3) is 3.37. The summed E-state index contributed by atoms with van der Waals surface area (Å²) in [6.45, 7) is 4.70. The normalized spacial score (nSPS) is 20.4. The second kappa shape index (κ2) is 6.85. The van der Waals surface area contributed by atoms with E-state index >= 15 is 0 Å². The molecule has 0 N–H and O–H groups in total. The second-order valence-electron chi connectivity index (χ2n) is 5.77. The van der Waals surface area contributed by atoms with Crippen molar-refractivity contribution in [2.45, 2.75) is 32.1 Å². The fourth-order valence-corrected chi connectivity index (χ4v) is 3.17. The molecule has 0 aliphatic carbocycles. The molecule has 0 amide bonds. The molecule has 2 aliphatic heterocycles. The Hall–Kier alpha value is -1.41. The molecule has 1 saturated heterocycles. The zero-order chi connectivity index (χ0) is 13.6. The maximum Gasteiger partial charge on any atom is 0.0675 e. The highest BCUT2D eigenvalue weighted by atomic mass is 15.1. The maximum absolute atomic E-state index is 4.77. The number of hydrogen-bond acceptors (Lipinski definition) is 2. The van der Waals surface area contributed by atoms with E-state index in [-0.39, 0.29) is 0 Å². The third-order valence-electron chi connectivity index (χ3n) is 4.29. The molecule has 106 valence electrons. The largest absolute Gasteiger partial charge is 0.303 e. The standard InChI is InChI=1S/C18H24N2/c1-3-8-16(9-4-1)18-17(10-7-12-19-18)11-15-20-13-5-2-6-14-20/h1,3-4,8-10H,2,5-7,11-15H2. The molecule has 0 radical (unpaired) electrons. The number of rotatable bonds is 4. The molecular formula is C18H24N2. The highest BCUT2D eigenvalue weighted by Gasteiger charge is 2.15. The van der Waals surface area contributed by atoms with Gasteiger partial charge in [-0.1, -0.05) is 42.8 Å². The topological polar surface area (TPSA) is 15.6 Å². The zero-order valence-corrected chi connectivity index (χ0v) is 12.2. The minimum absolute atomic E-state index is 0.942. The van der Waals surface area contributed by atoms with Gasteiger partial charge in [-0.25, -0.2) is 0 Å². The van der Waals surface area contributed by atoms with Crippen molar-refractivity contribution in [2.75, 3.05) is 26.2 Å². The van der Waals surface area contributed by atoms with Crippen LogP contribution >= 0.6 is 0 Å². The van der Waals surface area contributed by atoms with Crippen LogP contribution in [0.15, 0.2) is 47.0 Å². The maximum atomic E-state index is 4.77. The first-order valence-corrected chi connectivity index (χ1v) is 7.95. The number of dihydropyridines is 1. The molecule has 2 heteroatoms. The molecule has 2 heterocycles. The van der Waals surface area contributed by atoms with Crippen LogP contribution in [0.25, 0.3) is 0 Å². The molecule has 0 unspecified atom stereocenters. The van der Waals surface area contributed by atoms with Crippen molar-refractivity contribution >= 4 is 5.71 Å². The lowest BCUT2D eigenvalue weighted by atomic mass is 9.96. The van der Waals surface area contributed by atoms with E-state index < -0.39 is 0 Å². The van der Waals surface area contributed by atoms with Crippen molar-refractivity contribution in [1.82, 2.24) is 4.90 Å². The van der Waals surface area contributed by atoms with E-state index in [9.17, 15) is 0 Å². The summed E-state index contributed by atoms with van der Waals surface area (Å²) in [6, 6.07) is 10.6. The first-order valence-electron chi connectivity index (χ1n) is 7.95. The van der Waals surface area contributed by atoms with Crippen LogP contribution in [0.2, 0.25) is 0 Å². The summed E-state index contributed by atoms with van der Waals surface area (Å²) in [4.78, 5) is 7.39. The minimum Gasteiger partial charge on any atom is -0.303 e. The smallest absolute Gasteiger partial charge is 0.0675 e. The molecule has 2 nitrogen and oxygen atoms in total. The van der Waals surface area contributed by atoms with Crippen molar-refractivity contribution in [3.05, 3.63) is 47.5 Å². The van der Waals surface area contributed by atoms with Crippen LogP contribution < -0.4 is 0 Å². The lowest BCUT2D eigenvalue weighted by Crippen LogP contribution is -2.31. The van der Waals surface area contributed by atoms with Crippen molar-refractivity contribution < 1.29 is 0 Å². The van der Waals surface area contributed by atoms with Gasteiger partial charge in [0.2, 0.25) is 0 Å². The molecule has 0 saturated carbocycles. The van der Waals surface area contributed by atoms with E-state index in [4.69, 9.17) is 4.99 Å². The van der Waals surface area contributed by atoms with Crippen LogP contribution in [0.3, 0.4) is 0 Å². The van der Waals surface area contributed by atoms with Crippen molar-refractivity contribution in [3.8, 4) is 0 Å².